The molecule has 0 aliphatic carbocycles. The Bertz CT molecular complexity index is 336. The summed E-state index contributed by atoms with van der Waals surface area (Å²) in [6.07, 6.45) is 0. The number of pyridine rings is 1. The third-order valence-electron chi connectivity index (χ3n) is 1.87. The van der Waals surface area contributed by atoms with Crippen LogP contribution in [0, 0.1) is 13.8 Å². The molecule has 0 saturated carbocycles. The molecule has 1 atom stereocenters. The monoisotopic (exact) mass is 180 g/mol. The summed E-state index contributed by atoms with van der Waals surface area (Å²) in [5.41, 5.74) is 7.55. The molecule has 3 N–H and O–H groups in total. The van der Waals surface area contributed by atoms with Gasteiger partial charge in [0.15, 0.2) is 0 Å². The molecule has 0 aliphatic heterocycles. The van der Waals surface area contributed by atoms with E-state index in [-0.39, 0.29) is 0 Å². The van der Waals surface area contributed by atoms with Gasteiger partial charge in [-0.25, -0.2) is 0 Å². The first kappa shape index (κ1) is 9.67. The first-order chi connectivity index (χ1) is 6.02. The van der Waals surface area contributed by atoms with Crippen molar-refractivity contribution in [3.8, 4) is 0 Å². The molecule has 0 amide bonds. The summed E-state index contributed by atoms with van der Waals surface area (Å²) in [6.45, 7) is 3.61. The number of rotatable bonds is 2. The second-order valence-electron chi connectivity index (χ2n) is 2.94. The molecule has 0 fully saturated rings. The lowest BCUT2D eigenvalue weighted by molar-refractivity contribution is -0.138. The molecule has 1 aromatic heterocycles. The molecule has 1 rings (SSSR count). The Morgan fingerprint density at radius 3 is 2.62 bits per heavy atom. The minimum Gasteiger partial charge on any atom is -0.480 e. The summed E-state index contributed by atoms with van der Waals surface area (Å²) in [5, 5.41) is 8.68. The van der Waals surface area contributed by atoms with Crippen LogP contribution in [-0.2, 0) is 4.79 Å². The molecule has 0 unspecified atom stereocenters. The van der Waals surface area contributed by atoms with Gasteiger partial charge in [0.2, 0.25) is 0 Å². The third kappa shape index (κ3) is 2.03. The molecule has 0 aromatic carbocycles. The highest BCUT2D eigenvalue weighted by atomic mass is 16.4. The zero-order valence-corrected chi connectivity index (χ0v) is 7.61. The number of carboxylic acid groups (broad SMARTS) is 1. The van der Waals surface area contributed by atoms with Crippen LogP contribution in [-0.4, -0.2) is 16.1 Å². The van der Waals surface area contributed by atoms with Gasteiger partial charge in [0, 0.05) is 17.0 Å². The number of aromatic nitrogens is 1. The van der Waals surface area contributed by atoms with Gasteiger partial charge in [0.25, 0.3) is 0 Å². The molecule has 4 heteroatoms. The van der Waals surface area contributed by atoms with Crippen LogP contribution in [0.3, 0.4) is 0 Å². The van der Waals surface area contributed by atoms with E-state index in [4.69, 9.17) is 10.8 Å². The fourth-order valence-electron chi connectivity index (χ4n) is 1.16. The van der Waals surface area contributed by atoms with Crippen molar-refractivity contribution in [1.29, 1.82) is 0 Å². The van der Waals surface area contributed by atoms with Crippen molar-refractivity contribution in [3.05, 3.63) is 29.1 Å². The first-order valence-electron chi connectivity index (χ1n) is 3.95. The molecular formula is C9H12N2O2. The first-order valence-corrected chi connectivity index (χ1v) is 3.95. The third-order valence-corrected chi connectivity index (χ3v) is 1.87. The van der Waals surface area contributed by atoms with E-state index >= 15 is 0 Å². The quantitative estimate of drug-likeness (QED) is 0.705. The van der Waals surface area contributed by atoms with Crippen LogP contribution in [0.4, 0.5) is 0 Å². The summed E-state index contributed by atoms with van der Waals surface area (Å²) in [4.78, 5) is 14.7. The Morgan fingerprint density at radius 1 is 1.54 bits per heavy atom. The number of nitrogens with two attached hydrogens (primary N) is 1. The Kier molecular flexibility index (Phi) is 2.63. The van der Waals surface area contributed by atoms with Gasteiger partial charge < -0.3 is 10.8 Å². The largest absolute Gasteiger partial charge is 0.480 e. The lowest BCUT2D eigenvalue weighted by Gasteiger charge is -2.09. The van der Waals surface area contributed by atoms with Crippen LogP contribution in [0.1, 0.15) is 23.0 Å². The van der Waals surface area contributed by atoms with Gasteiger partial charge in [-0.15, -0.1) is 0 Å². The SMILES string of the molecule is Cc1ccc([C@H](N)C(=O)O)c(C)n1. The zero-order valence-electron chi connectivity index (χ0n) is 7.61. The topological polar surface area (TPSA) is 76.2 Å². The maximum absolute atomic E-state index is 10.6. The van der Waals surface area contributed by atoms with Gasteiger partial charge in [0.05, 0.1) is 0 Å². The smallest absolute Gasteiger partial charge is 0.325 e. The number of hydrogen-bond acceptors (Lipinski definition) is 3. The maximum atomic E-state index is 10.6. The summed E-state index contributed by atoms with van der Waals surface area (Å²) in [6, 6.07) is 2.48. The van der Waals surface area contributed by atoms with Crippen molar-refractivity contribution in [1.82, 2.24) is 4.98 Å². The average molecular weight is 180 g/mol. The predicted molar refractivity (Wildman–Crippen MR) is 48.3 cm³/mol. The van der Waals surface area contributed by atoms with Crippen LogP contribution in [0.5, 0.6) is 0 Å². The van der Waals surface area contributed by atoms with Crippen molar-refractivity contribution in [2.75, 3.05) is 0 Å². The van der Waals surface area contributed by atoms with Gasteiger partial charge in [-0.2, -0.15) is 0 Å². The number of aryl methyl sites for hydroxylation is 2. The molecule has 1 aromatic rings. The second kappa shape index (κ2) is 3.53. The van der Waals surface area contributed by atoms with E-state index in [1.54, 1.807) is 19.1 Å². The fraction of sp³-hybridized carbons (Fsp3) is 0.333. The fourth-order valence-corrected chi connectivity index (χ4v) is 1.16. The molecule has 1 heterocycles. The summed E-state index contributed by atoms with van der Waals surface area (Å²) < 4.78 is 0. The van der Waals surface area contributed by atoms with Crippen LogP contribution >= 0.6 is 0 Å². The normalized spacial score (nSPS) is 12.5. The Balaban J connectivity index is 3.08. The van der Waals surface area contributed by atoms with Crippen molar-refractivity contribution >= 4 is 5.97 Å². The van der Waals surface area contributed by atoms with E-state index in [9.17, 15) is 4.79 Å². The molecular weight excluding hydrogens is 168 g/mol. The number of nitrogens with zero attached hydrogens (tertiary/aromatic N) is 1. The number of carboxylic acids is 1. The zero-order chi connectivity index (χ0) is 10.0. The van der Waals surface area contributed by atoms with E-state index < -0.39 is 12.0 Å². The summed E-state index contributed by atoms with van der Waals surface area (Å²) in [5.74, 6) is -1.03. The van der Waals surface area contributed by atoms with E-state index in [1.807, 2.05) is 6.92 Å². The van der Waals surface area contributed by atoms with Crippen molar-refractivity contribution in [2.24, 2.45) is 5.73 Å². The Hall–Kier alpha value is -1.42. The molecule has 0 radical (unpaired) electrons. The Labute approximate surface area is 76.4 Å². The molecule has 70 valence electrons. The highest BCUT2D eigenvalue weighted by Gasteiger charge is 2.16. The maximum Gasteiger partial charge on any atom is 0.325 e. The lowest BCUT2D eigenvalue weighted by atomic mass is 10.1. The van der Waals surface area contributed by atoms with Gasteiger partial charge in [-0.1, -0.05) is 6.07 Å². The summed E-state index contributed by atoms with van der Waals surface area (Å²) in [7, 11) is 0. The number of hydrogen-bond donors (Lipinski definition) is 2. The van der Waals surface area contributed by atoms with Gasteiger partial charge in [0.1, 0.15) is 6.04 Å². The Morgan fingerprint density at radius 2 is 2.15 bits per heavy atom. The van der Waals surface area contributed by atoms with Crippen LogP contribution in [0.2, 0.25) is 0 Å². The van der Waals surface area contributed by atoms with Gasteiger partial charge in [-0.3, -0.25) is 9.78 Å². The lowest BCUT2D eigenvalue weighted by Crippen LogP contribution is -2.22. The van der Waals surface area contributed by atoms with Crippen molar-refractivity contribution in [3.63, 3.8) is 0 Å². The van der Waals surface area contributed by atoms with E-state index in [2.05, 4.69) is 4.98 Å². The standard InChI is InChI=1S/C9H12N2O2/c1-5-3-4-7(6(2)11-5)8(10)9(12)13/h3-4,8H,10H2,1-2H3,(H,12,13)/t8-/m0/s1. The highest BCUT2D eigenvalue weighted by Crippen LogP contribution is 2.14. The second-order valence-corrected chi connectivity index (χ2v) is 2.94. The molecule has 4 nitrogen and oxygen atoms in total. The van der Waals surface area contributed by atoms with Crippen molar-refractivity contribution in [2.45, 2.75) is 19.9 Å². The molecule has 0 saturated heterocycles. The van der Waals surface area contributed by atoms with E-state index in [1.165, 1.54) is 0 Å². The minimum absolute atomic E-state index is 0.568. The van der Waals surface area contributed by atoms with Gasteiger partial charge >= 0.3 is 5.97 Å². The summed E-state index contributed by atoms with van der Waals surface area (Å²) >= 11 is 0. The van der Waals surface area contributed by atoms with Crippen molar-refractivity contribution < 1.29 is 9.90 Å². The van der Waals surface area contributed by atoms with Gasteiger partial charge in [-0.05, 0) is 19.9 Å². The minimum atomic E-state index is -1.03. The average Bonchev–Trinajstić information content (AvgIpc) is 2.03. The van der Waals surface area contributed by atoms with E-state index in [0.717, 1.165) is 5.69 Å². The molecule has 0 bridgehead atoms. The molecule has 0 aliphatic rings. The molecule has 13 heavy (non-hydrogen) atoms. The van der Waals surface area contributed by atoms with Crippen LogP contribution in [0.25, 0.3) is 0 Å². The van der Waals surface area contributed by atoms with E-state index in [0.29, 0.717) is 11.3 Å². The molecule has 0 spiro atoms. The van der Waals surface area contributed by atoms with Crippen LogP contribution in [0.15, 0.2) is 12.1 Å². The highest BCUT2D eigenvalue weighted by molar-refractivity contribution is 5.75. The number of aliphatic carboxylic acids is 1. The van der Waals surface area contributed by atoms with Crippen LogP contribution < -0.4 is 5.73 Å². The predicted octanol–water partition coefficient (Wildman–Crippen LogP) is 0.783. The number of carbonyl (C=O) groups is 1.